The van der Waals surface area contributed by atoms with E-state index in [0.29, 0.717) is 35.4 Å². The van der Waals surface area contributed by atoms with Crippen molar-refractivity contribution in [3.63, 3.8) is 0 Å². The van der Waals surface area contributed by atoms with E-state index in [9.17, 15) is 19.2 Å². The molecule has 0 aliphatic carbocycles. The van der Waals surface area contributed by atoms with Crippen LogP contribution in [0.2, 0.25) is 0 Å². The fraction of sp³-hybridized carbons (Fsp3) is 0.250. The highest BCUT2D eigenvalue weighted by molar-refractivity contribution is 8.18. The molecule has 2 aromatic carbocycles. The molecular weight excluding hydrogens is 460 g/mol. The Bertz CT molecular complexity index is 1160. The Balaban J connectivity index is 1.79. The molecule has 1 fully saturated rings. The first-order chi connectivity index (χ1) is 16.2. The number of amides is 3. The van der Waals surface area contributed by atoms with Gasteiger partial charge in [0.1, 0.15) is 6.54 Å². The normalized spacial score (nSPS) is 14.4. The summed E-state index contributed by atoms with van der Waals surface area (Å²) in [6, 6.07) is 10.4. The summed E-state index contributed by atoms with van der Waals surface area (Å²) >= 11 is 0.688. The number of imide groups is 1. The SMILES string of the molecule is CCOc1cccc(/C=C2\SC(=O)N(CC(=O)Nc3cc(C)cc(C)c3)C2=O)c1OCC(=O)O. The van der Waals surface area contributed by atoms with Crippen LogP contribution >= 0.6 is 11.8 Å². The number of carbonyl (C=O) groups is 4. The van der Waals surface area contributed by atoms with Crippen molar-refractivity contribution in [2.24, 2.45) is 0 Å². The third-order valence-corrected chi connectivity index (χ3v) is 5.52. The van der Waals surface area contributed by atoms with Gasteiger partial charge in [-0.2, -0.15) is 0 Å². The number of ether oxygens (including phenoxy) is 2. The fourth-order valence-electron chi connectivity index (χ4n) is 3.37. The monoisotopic (exact) mass is 484 g/mol. The van der Waals surface area contributed by atoms with Crippen LogP contribution in [0.25, 0.3) is 6.08 Å². The lowest BCUT2D eigenvalue weighted by molar-refractivity contribution is -0.139. The van der Waals surface area contributed by atoms with Crippen molar-refractivity contribution in [3.05, 3.63) is 58.0 Å². The van der Waals surface area contributed by atoms with E-state index in [0.717, 1.165) is 16.0 Å². The minimum absolute atomic E-state index is 0.0815. The van der Waals surface area contributed by atoms with E-state index in [1.165, 1.54) is 6.08 Å². The molecule has 3 rings (SSSR count). The summed E-state index contributed by atoms with van der Waals surface area (Å²) in [4.78, 5) is 49.7. The number of carboxylic acids is 1. The zero-order valence-electron chi connectivity index (χ0n) is 18.9. The lowest BCUT2D eigenvalue weighted by atomic mass is 10.1. The molecule has 0 aromatic heterocycles. The predicted molar refractivity (Wildman–Crippen MR) is 128 cm³/mol. The molecule has 34 heavy (non-hydrogen) atoms. The van der Waals surface area contributed by atoms with E-state index in [2.05, 4.69) is 5.32 Å². The van der Waals surface area contributed by atoms with Gasteiger partial charge in [-0.1, -0.05) is 18.2 Å². The summed E-state index contributed by atoms with van der Waals surface area (Å²) in [7, 11) is 0. The molecule has 0 unspecified atom stereocenters. The Morgan fingerprint density at radius 3 is 2.47 bits per heavy atom. The van der Waals surface area contributed by atoms with Crippen LogP contribution in [-0.4, -0.2) is 52.8 Å². The minimum Gasteiger partial charge on any atom is -0.490 e. The van der Waals surface area contributed by atoms with E-state index >= 15 is 0 Å². The summed E-state index contributed by atoms with van der Waals surface area (Å²) in [5.74, 6) is -1.85. The van der Waals surface area contributed by atoms with Crippen LogP contribution in [0.15, 0.2) is 41.3 Å². The van der Waals surface area contributed by atoms with Crippen molar-refractivity contribution < 1.29 is 33.8 Å². The molecule has 2 aromatic rings. The predicted octanol–water partition coefficient (Wildman–Crippen LogP) is 3.84. The van der Waals surface area contributed by atoms with E-state index in [4.69, 9.17) is 14.6 Å². The number of nitrogens with one attached hydrogen (secondary N) is 1. The topological polar surface area (TPSA) is 122 Å². The number of rotatable bonds is 9. The van der Waals surface area contributed by atoms with E-state index in [-0.39, 0.29) is 10.7 Å². The molecule has 0 spiro atoms. The molecule has 1 aliphatic heterocycles. The first-order valence-electron chi connectivity index (χ1n) is 10.4. The molecule has 0 bridgehead atoms. The standard InChI is InChI=1S/C24H24N2O7S/c1-4-32-18-7-5-6-16(22(18)33-13-21(28)29)11-19-23(30)26(24(31)34-19)12-20(27)25-17-9-14(2)8-15(3)10-17/h5-11H,4,12-13H2,1-3H3,(H,25,27)(H,28,29)/b19-11-. The summed E-state index contributed by atoms with van der Waals surface area (Å²) in [5, 5.41) is 11.1. The quantitative estimate of drug-likeness (QED) is 0.515. The van der Waals surface area contributed by atoms with Crippen LogP contribution in [0, 0.1) is 13.8 Å². The third-order valence-electron chi connectivity index (χ3n) is 4.62. The zero-order valence-corrected chi connectivity index (χ0v) is 19.7. The Kier molecular flexibility index (Phi) is 7.95. The second-order valence-electron chi connectivity index (χ2n) is 7.48. The number of hydrogen-bond donors (Lipinski definition) is 2. The lowest BCUT2D eigenvalue weighted by Gasteiger charge is -2.14. The second-order valence-corrected chi connectivity index (χ2v) is 8.48. The van der Waals surface area contributed by atoms with Gasteiger partial charge in [0.25, 0.3) is 11.1 Å². The van der Waals surface area contributed by atoms with Gasteiger partial charge in [-0.3, -0.25) is 19.3 Å². The maximum Gasteiger partial charge on any atom is 0.341 e. The van der Waals surface area contributed by atoms with Crippen LogP contribution in [0.3, 0.4) is 0 Å². The average molecular weight is 485 g/mol. The molecule has 10 heteroatoms. The number of aryl methyl sites for hydroxylation is 2. The summed E-state index contributed by atoms with van der Waals surface area (Å²) < 4.78 is 10.9. The fourth-order valence-corrected chi connectivity index (χ4v) is 4.20. The number of thioether (sulfide) groups is 1. The largest absolute Gasteiger partial charge is 0.490 e. The lowest BCUT2D eigenvalue weighted by Crippen LogP contribution is -2.36. The second kappa shape index (κ2) is 10.9. The zero-order chi connectivity index (χ0) is 24.8. The molecule has 0 saturated carbocycles. The Morgan fingerprint density at radius 2 is 1.82 bits per heavy atom. The molecule has 9 nitrogen and oxygen atoms in total. The average Bonchev–Trinajstić information content (AvgIpc) is 3.00. The summed E-state index contributed by atoms with van der Waals surface area (Å²) in [6.45, 7) is 4.85. The molecule has 0 atom stereocenters. The smallest absolute Gasteiger partial charge is 0.341 e. The highest BCUT2D eigenvalue weighted by atomic mass is 32.2. The summed E-state index contributed by atoms with van der Waals surface area (Å²) in [6.07, 6.45) is 1.42. The highest BCUT2D eigenvalue weighted by Gasteiger charge is 2.36. The van der Waals surface area contributed by atoms with Crippen LogP contribution in [0.4, 0.5) is 10.5 Å². The minimum atomic E-state index is -1.17. The third kappa shape index (κ3) is 6.16. The number of carboxylic acid groups (broad SMARTS) is 1. The van der Waals surface area contributed by atoms with Crippen LogP contribution in [0.5, 0.6) is 11.5 Å². The molecular formula is C24H24N2O7S. The molecule has 1 saturated heterocycles. The van der Waals surface area contributed by atoms with Crippen molar-refractivity contribution in [2.45, 2.75) is 20.8 Å². The molecule has 0 radical (unpaired) electrons. The first kappa shape index (κ1) is 24.8. The van der Waals surface area contributed by atoms with Gasteiger partial charge in [0.05, 0.1) is 11.5 Å². The van der Waals surface area contributed by atoms with Gasteiger partial charge in [0, 0.05) is 11.3 Å². The van der Waals surface area contributed by atoms with E-state index in [1.54, 1.807) is 37.3 Å². The molecule has 2 N–H and O–H groups in total. The van der Waals surface area contributed by atoms with Gasteiger partial charge >= 0.3 is 5.97 Å². The maximum atomic E-state index is 12.9. The summed E-state index contributed by atoms with van der Waals surface area (Å²) in [5.41, 5.74) is 2.90. The number of anilines is 1. The van der Waals surface area contributed by atoms with Crippen molar-refractivity contribution in [1.82, 2.24) is 4.90 Å². The van der Waals surface area contributed by atoms with Crippen molar-refractivity contribution in [2.75, 3.05) is 25.1 Å². The van der Waals surface area contributed by atoms with Crippen LogP contribution in [-0.2, 0) is 14.4 Å². The van der Waals surface area contributed by atoms with Crippen LogP contribution in [0.1, 0.15) is 23.6 Å². The van der Waals surface area contributed by atoms with Gasteiger partial charge in [-0.05, 0) is 67.9 Å². The Labute approximate surface area is 200 Å². The van der Waals surface area contributed by atoms with Crippen molar-refractivity contribution in [1.29, 1.82) is 0 Å². The van der Waals surface area contributed by atoms with Crippen molar-refractivity contribution >= 4 is 46.5 Å². The number of hydrogen-bond acceptors (Lipinski definition) is 7. The first-order valence-corrected chi connectivity index (χ1v) is 11.2. The Morgan fingerprint density at radius 1 is 1.12 bits per heavy atom. The number of nitrogens with zero attached hydrogens (tertiary/aromatic N) is 1. The Hall–Kier alpha value is -3.79. The highest BCUT2D eigenvalue weighted by Crippen LogP contribution is 2.37. The molecule has 1 heterocycles. The number of carbonyl (C=O) groups excluding carboxylic acids is 3. The van der Waals surface area contributed by atoms with Crippen molar-refractivity contribution in [3.8, 4) is 11.5 Å². The number of para-hydroxylation sites is 1. The number of aliphatic carboxylic acids is 1. The van der Waals surface area contributed by atoms with Gasteiger partial charge < -0.3 is 19.9 Å². The van der Waals surface area contributed by atoms with Gasteiger partial charge in [0.15, 0.2) is 18.1 Å². The molecule has 3 amide bonds. The van der Waals surface area contributed by atoms with E-state index in [1.807, 2.05) is 19.9 Å². The molecule has 178 valence electrons. The van der Waals surface area contributed by atoms with Gasteiger partial charge in [-0.25, -0.2) is 4.79 Å². The van der Waals surface area contributed by atoms with Crippen LogP contribution < -0.4 is 14.8 Å². The van der Waals surface area contributed by atoms with Gasteiger partial charge in [-0.15, -0.1) is 0 Å². The van der Waals surface area contributed by atoms with Gasteiger partial charge in [0.2, 0.25) is 5.91 Å². The molecule has 1 aliphatic rings. The van der Waals surface area contributed by atoms with E-state index < -0.39 is 36.2 Å². The number of benzene rings is 2. The maximum absolute atomic E-state index is 12.9.